The number of hydrogen-bond acceptors (Lipinski definition) is 3. The first-order chi connectivity index (χ1) is 12.9. The van der Waals surface area contributed by atoms with Crippen molar-refractivity contribution >= 4 is 5.91 Å². The first kappa shape index (κ1) is 17.8. The maximum Gasteiger partial charge on any atom is 0.346 e. The molecule has 1 aromatic heterocycles. The molecule has 1 aromatic carbocycles. The second-order valence-corrected chi connectivity index (χ2v) is 7.04. The number of likely N-dealkylation sites (tertiary alicyclic amines) is 1. The normalized spacial score (nSPS) is 22.1. The zero-order valence-corrected chi connectivity index (χ0v) is 14.6. The Morgan fingerprint density at radius 2 is 2.07 bits per heavy atom. The van der Waals surface area contributed by atoms with Gasteiger partial charge in [0.25, 0.3) is 0 Å². The highest BCUT2D eigenvalue weighted by Gasteiger charge is 2.36. The van der Waals surface area contributed by atoms with Gasteiger partial charge in [-0.05, 0) is 25.3 Å². The van der Waals surface area contributed by atoms with E-state index < -0.39 is 29.5 Å². The number of amides is 1. The number of aryl methyl sites for hydroxylation is 1. The van der Waals surface area contributed by atoms with Crippen LogP contribution in [-0.4, -0.2) is 44.4 Å². The van der Waals surface area contributed by atoms with Gasteiger partial charge >= 0.3 is 5.69 Å². The summed E-state index contributed by atoms with van der Waals surface area (Å²) in [6.07, 6.45) is 0.978. The topological polar surface area (TPSA) is 60.1 Å². The van der Waals surface area contributed by atoms with Crippen LogP contribution < -0.4 is 5.69 Å². The molecule has 27 heavy (non-hydrogen) atoms. The Balaban J connectivity index is 1.64. The Labute approximate surface area is 153 Å². The number of halogens is 3. The van der Waals surface area contributed by atoms with E-state index in [0.29, 0.717) is 38.1 Å². The maximum absolute atomic E-state index is 13.9. The smallest absolute Gasteiger partial charge is 0.338 e. The van der Waals surface area contributed by atoms with Crippen LogP contribution in [0.4, 0.5) is 13.2 Å². The standard InChI is InChI=1S/C18H19F3N4O2/c19-12-5-4-11(14(21)8-12)9-24-18(27)25-15(2-1-3-16(25)22-24)17(26)23-7-6-13(20)10-23/h4-5,8,13,15H,1-3,6-7,9-10H2/t13-,15-/m0/s1. The van der Waals surface area contributed by atoms with Crippen LogP contribution in [0.15, 0.2) is 23.0 Å². The molecule has 0 bridgehead atoms. The number of nitrogens with zero attached hydrogens (tertiary/aromatic N) is 4. The fourth-order valence-electron chi connectivity index (χ4n) is 3.81. The van der Waals surface area contributed by atoms with Crippen molar-refractivity contribution in [2.75, 3.05) is 13.1 Å². The quantitative estimate of drug-likeness (QED) is 0.816. The number of alkyl halides is 1. The van der Waals surface area contributed by atoms with Crippen molar-refractivity contribution in [2.45, 2.75) is 44.4 Å². The number of carbonyl (C=O) groups excluding carboxylic acids is 1. The summed E-state index contributed by atoms with van der Waals surface area (Å²) in [5.41, 5.74) is -0.376. The lowest BCUT2D eigenvalue weighted by Crippen LogP contribution is -2.41. The van der Waals surface area contributed by atoms with Crippen LogP contribution >= 0.6 is 0 Å². The maximum atomic E-state index is 13.9. The van der Waals surface area contributed by atoms with E-state index in [1.165, 1.54) is 15.5 Å². The van der Waals surface area contributed by atoms with Crippen molar-refractivity contribution in [3.05, 3.63) is 51.7 Å². The molecular formula is C18H19F3N4O2. The van der Waals surface area contributed by atoms with Gasteiger partial charge in [0.1, 0.15) is 29.7 Å². The molecule has 1 saturated heterocycles. The first-order valence-electron chi connectivity index (χ1n) is 8.99. The second kappa shape index (κ2) is 6.86. The Bertz CT molecular complexity index is 939. The Hall–Kier alpha value is -2.58. The van der Waals surface area contributed by atoms with Crippen molar-refractivity contribution < 1.29 is 18.0 Å². The molecule has 0 saturated carbocycles. The van der Waals surface area contributed by atoms with Gasteiger partial charge in [-0.3, -0.25) is 9.36 Å². The van der Waals surface area contributed by atoms with Gasteiger partial charge in [-0.2, -0.15) is 5.10 Å². The van der Waals surface area contributed by atoms with Crippen LogP contribution in [0.3, 0.4) is 0 Å². The number of carbonyl (C=O) groups is 1. The third-order valence-electron chi connectivity index (χ3n) is 5.19. The molecule has 1 amide bonds. The predicted molar refractivity (Wildman–Crippen MR) is 90.0 cm³/mol. The van der Waals surface area contributed by atoms with E-state index in [1.807, 2.05) is 0 Å². The molecule has 0 unspecified atom stereocenters. The van der Waals surface area contributed by atoms with E-state index in [2.05, 4.69) is 5.10 Å². The van der Waals surface area contributed by atoms with E-state index in [-0.39, 0.29) is 24.6 Å². The summed E-state index contributed by atoms with van der Waals surface area (Å²) >= 11 is 0. The van der Waals surface area contributed by atoms with Crippen molar-refractivity contribution in [2.24, 2.45) is 0 Å². The minimum Gasteiger partial charge on any atom is -0.338 e. The first-order valence-corrected chi connectivity index (χ1v) is 8.99. The summed E-state index contributed by atoms with van der Waals surface area (Å²) < 4.78 is 42.9. The summed E-state index contributed by atoms with van der Waals surface area (Å²) in [7, 11) is 0. The molecule has 2 atom stereocenters. The van der Waals surface area contributed by atoms with Crippen LogP contribution in [0, 0.1) is 11.6 Å². The number of rotatable bonds is 3. The van der Waals surface area contributed by atoms with Crippen LogP contribution in [-0.2, 0) is 17.8 Å². The summed E-state index contributed by atoms with van der Waals surface area (Å²) in [6.45, 7) is 0.242. The highest BCUT2D eigenvalue weighted by Crippen LogP contribution is 2.26. The van der Waals surface area contributed by atoms with Crippen molar-refractivity contribution in [1.82, 2.24) is 19.2 Å². The fourth-order valence-corrected chi connectivity index (χ4v) is 3.81. The zero-order chi connectivity index (χ0) is 19.1. The van der Waals surface area contributed by atoms with E-state index in [4.69, 9.17) is 0 Å². The second-order valence-electron chi connectivity index (χ2n) is 7.04. The number of fused-ring (bicyclic) bond motifs is 1. The third kappa shape index (κ3) is 3.26. The lowest BCUT2D eigenvalue weighted by molar-refractivity contribution is -0.134. The molecule has 9 heteroatoms. The molecule has 2 aliphatic heterocycles. The molecular weight excluding hydrogens is 361 g/mol. The molecule has 6 nitrogen and oxygen atoms in total. The van der Waals surface area contributed by atoms with Gasteiger partial charge in [0.05, 0.1) is 13.1 Å². The molecule has 1 fully saturated rings. The summed E-state index contributed by atoms with van der Waals surface area (Å²) in [4.78, 5) is 27.0. The number of hydrogen-bond donors (Lipinski definition) is 0. The Kier molecular flexibility index (Phi) is 4.53. The molecule has 0 radical (unpaired) electrons. The predicted octanol–water partition coefficient (Wildman–Crippen LogP) is 1.82. The molecule has 4 rings (SSSR count). The number of benzene rings is 1. The third-order valence-corrected chi connectivity index (χ3v) is 5.19. The van der Waals surface area contributed by atoms with E-state index in [1.54, 1.807) is 0 Å². The summed E-state index contributed by atoms with van der Waals surface area (Å²) in [5, 5.41) is 4.25. The van der Waals surface area contributed by atoms with Gasteiger partial charge < -0.3 is 4.90 Å². The lowest BCUT2D eigenvalue weighted by atomic mass is 10.0. The Morgan fingerprint density at radius 3 is 2.78 bits per heavy atom. The van der Waals surface area contributed by atoms with Crippen molar-refractivity contribution in [3.63, 3.8) is 0 Å². The van der Waals surface area contributed by atoms with Crippen LogP contribution in [0.25, 0.3) is 0 Å². The monoisotopic (exact) mass is 380 g/mol. The SMILES string of the molecule is O=C([C@@H]1CCCc2nn(Cc3ccc(F)cc3F)c(=O)n21)N1CC[C@H](F)C1. The van der Waals surface area contributed by atoms with E-state index in [0.717, 1.165) is 16.8 Å². The molecule has 2 aromatic rings. The molecule has 3 heterocycles. The zero-order valence-electron chi connectivity index (χ0n) is 14.6. The average Bonchev–Trinajstić information content (AvgIpc) is 3.21. The van der Waals surface area contributed by atoms with Crippen LogP contribution in [0.2, 0.25) is 0 Å². The fraction of sp³-hybridized carbons (Fsp3) is 0.500. The van der Waals surface area contributed by atoms with Crippen LogP contribution in [0.1, 0.15) is 36.7 Å². The molecule has 144 valence electrons. The van der Waals surface area contributed by atoms with E-state index in [9.17, 15) is 22.8 Å². The molecule has 0 N–H and O–H groups in total. The lowest BCUT2D eigenvalue weighted by Gasteiger charge is -2.26. The van der Waals surface area contributed by atoms with Gasteiger partial charge in [0.15, 0.2) is 0 Å². The van der Waals surface area contributed by atoms with Crippen LogP contribution in [0.5, 0.6) is 0 Å². The molecule has 2 aliphatic rings. The van der Waals surface area contributed by atoms with Crippen molar-refractivity contribution in [1.29, 1.82) is 0 Å². The largest absolute Gasteiger partial charge is 0.346 e. The van der Waals surface area contributed by atoms with E-state index >= 15 is 0 Å². The summed E-state index contributed by atoms with van der Waals surface area (Å²) in [6, 6.07) is 2.43. The highest BCUT2D eigenvalue weighted by atomic mass is 19.1. The molecule has 0 spiro atoms. The Morgan fingerprint density at radius 1 is 1.26 bits per heavy atom. The highest BCUT2D eigenvalue weighted by molar-refractivity contribution is 5.81. The van der Waals surface area contributed by atoms with Gasteiger partial charge in [-0.15, -0.1) is 0 Å². The molecule has 0 aliphatic carbocycles. The van der Waals surface area contributed by atoms with Gasteiger partial charge in [0.2, 0.25) is 5.91 Å². The van der Waals surface area contributed by atoms with Gasteiger partial charge in [-0.25, -0.2) is 22.6 Å². The van der Waals surface area contributed by atoms with Gasteiger partial charge in [0, 0.05) is 24.6 Å². The summed E-state index contributed by atoms with van der Waals surface area (Å²) in [5.74, 6) is -1.27. The average molecular weight is 380 g/mol. The van der Waals surface area contributed by atoms with Crippen molar-refractivity contribution in [3.8, 4) is 0 Å². The minimum atomic E-state index is -1.03. The minimum absolute atomic E-state index is 0.0499. The number of aromatic nitrogens is 3. The van der Waals surface area contributed by atoms with Gasteiger partial charge in [-0.1, -0.05) is 6.07 Å².